The molecule has 0 radical (unpaired) electrons. The van der Waals surface area contributed by atoms with Crippen LogP contribution in [0.2, 0.25) is 5.02 Å². The summed E-state index contributed by atoms with van der Waals surface area (Å²) in [7, 11) is 1.69. The van der Waals surface area contributed by atoms with E-state index in [1.165, 1.54) is 0 Å². The molecule has 0 aromatic heterocycles. The van der Waals surface area contributed by atoms with E-state index in [2.05, 4.69) is 21.4 Å². The smallest absolute Gasteiger partial charge is 0.0596 e. The topological polar surface area (TPSA) is 47.3 Å². The second kappa shape index (κ2) is 7.25. The van der Waals surface area contributed by atoms with Crippen LogP contribution in [0.15, 0.2) is 22.7 Å². The molecule has 1 unspecified atom stereocenters. The predicted molar refractivity (Wildman–Crippen MR) is 70.3 cm³/mol. The van der Waals surface area contributed by atoms with Gasteiger partial charge in [0, 0.05) is 24.2 Å². The predicted octanol–water partition coefficient (Wildman–Crippen LogP) is 3.03. The Kier molecular flexibility index (Phi) is 6.31. The summed E-state index contributed by atoms with van der Waals surface area (Å²) < 4.78 is 5.90. The molecule has 3 nitrogen and oxygen atoms in total. The summed E-state index contributed by atoms with van der Waals surface area (Å²) in [5, 5.41) is 0.711. The molecular formula is C11H16BrClN2O. The number of nitrogens with two attached hydrogens (primary N) is 1. The molecule has 5 heteroatoms. The molecule has 1 aromatic carbocycles. The number of rotatable bonds is 6. The van der Waals surface area contributed by atoms with Crippen molar-refractivity contribution in [2.45, 2.75) is 18.9 Å². The fraction of sp³-hybridized carbons (Fsp3) is 0.455. The number of hydrogen-bond acceptors (Lipinski definition) is 3. The van der Waals surface area contributed by atoms with E-state index in [0.29, 0.717) is 5.02 Å². The molecule has 0 aliphatic heterocycles. The van der Waals surface area contributed by atoms with Crippen molar-refractivity contribution < 1.29 is 4.74 Å². The summed E-state index contributed by atoms with van der Waals surface area (Å²) in [5.74, 6) is 5.54. The second-order valence-electron chi connectivity index (χ2n) is 3.50. The highest BCUT2D eigenvalue weighted by Gasteiger charge is 2.14. The minimum Gasteiger partial charge on any atom is -0.385 e. The van der Waals surface area contributed by atoms with Crippen LogP contribution in [0.5, 0.6) is 0 Å². The lowest BCUT2D eigenvalue weighted by molar-refractivity contribution is 0.189. The van der Waals surface area contributed by atoms with E-state index < -0.39 is 0 Å². The lowest BCUT2D eigenvalue weighted by Gasteiger charge is -2.18. The van der Waals surface area contributed by atoms with Crippen molar-refractivity contribution in [1.82, 2.24) is 5.43 Å². The van der Waals surface area contributed by atoms with Crippen molar-refractivity contribution in [2.24, 2.45) is 5.84 Å². The standard InChI is InChI=1S/C11H16BrClN2O/c1-16-7-3-6-10(15-14)8-4-2-5-9(12)11(8)13/h2,4-5,10,15H,3,6-7,14H2,1H3. The van der Waals surface area contributed by atoms with Crippen LogP contribution in [0.25, 0.3) is 0 Å². The molecule has 0 saturated heterocycles. The van der Waals surface area contributed by atoms with E-state index in [1.54, 1.807) is 7.11 Å². The maximum absolute atomic E-state index is 6.21. The summed E-state index contributed by atoms with van der Waals surface area (Å²) in [4.78, 5) is 0. The molecule has 1 atom stereocenters. The average Bonchev–Trinajstić information content (AvgIpc) is 2.29. The Balaban J connectivity index is 2.74. The van der Waals surface area contributed by atoms with E-state index in [0.717, 1.165) is 29.5 Å². The Morgan fingerprint density at radius 1 is 1.56 bits per heavy atom. The Bertz CT molecular complexity index is 336. The normalized spacial score (nSPS) is 12.8. The average molecular weight is 308 g/mol. The van der Waals surface area contributed by atoms with Gasteiger partial charge in [0.05, 0.1) is 5.02 Å². The zero-order valence-corrected chi connectivity index (χ0v) is 11.5. The van der Waals surface area contributed by atoms with Gasteiger partial charge in [0.1, 0.15) is 0 Å². The molecule has 0 bridgehead atoms. The van der Waals surface area contributed by atoms with Gasteiger partial charge in [0.25, 0.3) is 0 Å². The van der Waals surface area contributed by atoms with E-state index in [4.69, 9.17) is 22.2 Å². The van der Waals surface area contributed by atoms with Crippen LogP contribution < -0.4 is 11.3 Å². The first-order chi connectivity index (χ1) is 7.70. The minimum absolute atomic E-state index is 0.0557. The highest BCUT2D eigenvalue weighted by atomic mass is 79.9. The number of ether oxygens (including phenoxy) is 1. The highest BCUT2D eigenvalue weighted by molar-refractivity contribution is 9.10. The van der Waals surface area contributed by atoms with Crippen LogP contribution in [0.1, 0.15) is 24.4 Å². The van der Waals surface area contributed by atoms with Gasteiger partial charge in [-0.2, -0.15) is 0 Å². The minimum atomic E-state index is 0.0557. The van der Waals surface area contributed by atoms with Crippen molar-refractivity contribution in [3.63, 3.8) is 0 Å². The monoisotopic (exact) mass is 306 g/mol. The van der Waals surface area contributed by atoms with Gasteiger partial charge in [0.2, 0.25) is 0 Å². The zero-order valence-electron chi connectivity index (χ0n) is 9.17. The lowest BCUT2D eigenvalue weighted by atomic mass is 10.0. The summed E-state index contributed by atoms with van der Waals surface area (Å²) >= 11 is 9.61. The molecule has 0 fully saturated rings. The van der Waals surface area contributed by atoms with E-state index in [-0.39, 0.29) is 6.04 Å². The summed E-state index contributed by atoms with van der Waals surface area (Å²) in [6.45, 7) is 0.726. The molecule has 1 aromatic rings. The molecule has 90 valence electrons. The van der Waals surface area contributed by atoms with Gasteiger partial charge in [-0.3, -0.25) is 11.3 Å². The number of nitrogens with one attached hydrogen (secondary N) is 1. The van der Waals surface area contributed by atoms with Gasteiger partial charge in [-0.15, -0.1) is 0 Å². The first-order valence-electron chi connectivity index (χ1n) is 5.09. The molecule has 16 heavy (non-hydrogen) atoms. The molecule has 0 aliphatic carbocycles. The molecule has 1 rings (SSSR count). The quantitative estimate of drug-likeness (QED) is 0.482. The lowest BCUT2D eigenvalue weighted by Crippen LogP contribution is -2.28. The number of methoxy groups -OCH3 is 1. The molecule has 3 N–H and O–H groups in total. The second-order valence-corrected chi connectivity index (χ2v) is 4.73. The number of hydrogen-bond donors (Lipinski definition) is 2. The Hall–Kier alpha value is -0.130. The third kappa shape index (κ3) is 3.71. The number of hydrazine groups is 1. The maximum Gasteiger partial charge on any atom is 0.0596 e. The van der Waals surface area contributed by atoms with Crippen LogP contribution in [-0.2, 0) is 4.74 Å². The third-order valence-corrected chi connectivity index (χ3v) is 3.71. The fourth-order valence-corrected chi connectivity index (χ4v) is 2.19. The summed E-state index contributed by atoms with van der Waals surface area (Å²) in [6, 6.07) is 5.89. The SMILES string of the molecule is COCCCC(NN)c1cccc(Br)c1Cl. The first kappa shape index (κ1) is 13.9. The number of benzene rings is 1. The van der Waals surface area contributed by atoms with Gasteiger partial charge in [-0.25, -0.2) is 0 Å². The summed E-state index contributed by atoms with van der Waals surface area (Å²) in [6.07, 6.45) is 1.83. The number of halogens is 2. The van der Waals surface area contributed by atoms with Crippen LogP contribution in [0.4, 0.5) is 0 Å². The van der Waals surface area contributed by atoms with Gasteiger partial charge in [-0.1, -0.05) is 23.7 Å². The zero-order chi connectivity index (χ0) is 12.0. The van der Waals surface area contributed by atoms with E-state index >= 15 is 0 Å². The van der Waals surface area contributed by atoms with Crippen LogP contribution in [0, 0.1) is 0 Å². The Labute approximate surface area is 109 Å². The Morgan fingerprint density at radius 3 is 2.94 bits per heavy atom. The third-order valence-electron chi connectivity index (χ3n) is 2.40. The van der Waals surface area contributed by atoms with Gasteiger partial charge in [-0.05, 0) is 40.4 Å². The van der Waals surface area contributed by atoms with Crippen molar-refractivity contribution >= 4 is 27.5 Å². The van der Waals surface area contributed by atoms with Gasteiger partial charge in [0.15, 0.2) is 0 Å². The maximum atomic E-state index is 6.21. The van der Waals surface area contributed by atoms with Gasteiger partial charge >= 0.3 is 0 Å². The molecule has 0 saturated carbocycles. The molecule has 0 heterocycles. The van der Waals surface area contributed by atoms with E-state index in [1.807, 2.05) is 18.2 Å². The van der Waals surface area contributed by atoms with Gasteiger partial charge < -0.3 is 4.74 Å². The Morgan fingerprint density at radius 2 is 2.31 bits per heavy atom. The van der Waals surface area contributed by atoms with Crippen molar-refractivity contribution in [2.75, 3.05) is 13.7 Å². The van der Waals surface area contributed by atoms with Crippen LogP contribution in [0.3, 0.4) is 0 Å². The van der Waals surface area contributed by atoms with E-state index in [9.17, 15) is 0 Å². The fourth-order valence-electron chi connectivity index (χ4n) is 1.55. The molecule has 0 aliphatic rings. The van der Waals surface area contributed by atoms with Crippen LogP contribution in [-0.4, -0.2) is 13.7 Å². The van der Waals surface area contributed by atoms with Crippen molar-refractivity contribution in [1.29, 1.82) is 0 Å². The van der Waals surface area contributed by atoms with Crippen LogP contribution >= 0.6 is 27.5 Å². The highest BCUT2D eigenvalue weighted by Crippen LogP contribution is 2.31. The first-order valence-corrected chi connectivity index (χ1v) is 6.26. The molecule has 0 spiro atoms. The molecular weight excluding hydrogens is 291 g/mol. The largest absolute Gasteiger partial charge is 0.385 e. The van der Waals surface area contributed by atoms with Crippen molar-refractivity contribution in [3.05, 3.63) is 33.3 Å². The molecule has 0 amide bonds. The van der Waals surface area contributed by atoms with Crippen molar-refractivity contribution in [3.8, 4) is 0 Å². The summed E-state index contributed by atoms with van der Waals surface area (Å²) in [5.41, 5.74) is 3.79.